The van der Waals surface area contributed by atoms with Gasteiger partial charge in [0.25, 0.3) is 0 Å². The molecule has 2 amide bonds. The lowest BCUT2D eigenvalue weighted by Gasteiger charge is -2.33. The van der Waals surface area contributed by atoms with Crippen molar-refractivity contribution < 1.29 is 18.0 Å². The Morgan fingerprint density at radius 2 is 1.69 bits per heavy atom. The highest BCUT2D eigenvalue weighted by molar-refractivity contribution is 9.10. The van der Waals surface area contributed by atoms with E-state index in [1.165, 1.54) is 19.0 Å². The summed E-state index contributed by atoms with van der Waals surface area (Å²) in [5.41, 5.74) is 2.82. The van der Waals surface area contributed by atoms with Crippen LogP contribution >= 0.6 is 15.9 Å². The van der Waals surface area contributed by atoms with Gasteiger partial charge in [0.2, 0.25) is 11.8 Å². The highest BCUT2D eigenvalue weighted by atomic mass is 79.9. The van der Waals surface area contributed by atoms with Crippen molar-refractivity contribution in [3.63, 3.8) is 0 Å². The van der Waals surface area contributed by atoms with Crippen molar-refractivity contribution in [1.82, 2.24) is 14.5 Å². The molecule has 2 rings (SSSR count). The van der Waals surface area contributed by atoms with E-state index in [0.29, 0.717) is 5.69 Å². The van der Waals surface area contributed by atoms with Gasteiger partial charge in [-0.25, -0.2) is 4.31 Å². The van der Waals surface area contributed by atoms with Crippen LogP contribution in [0.2, 0.25) is 0 Å². The maximum atomic E-state index is 13.7. The number of aryl methyl sites for hydroxylation is 2. The standard InChI is InChI=1S/C25H35BrN4O4S/c1-17(2)27-25(32)20(5)29(15-21-9-8-10-22(26)14-21)24(31)16-30(35(33,34)28(6)7)23-13-18(3)11-12-19(23)4/h8-14,17,20H,15-16H2,1-7H3,(H,27,32)/t20-/m1/s1. The number of carbonyl (C=O) groups is 2. The summed E-state index contributed by atoms with van der Waals surface area (Å²) >= 11 is 3.44. The molecule has 0 aliphatic rings. The average molecular weight is 568 g/mol. The molecule has 0 spiro atoms. The molecule has 0 fully saturated rings. The van der Waals surface area contributed by atoms with E-state index in [2.05, 4.69) is 21.2 Å². The maximum absolute atomic E-state index is 13.7. The molecule has 1 atom stereocenters. The SMILES string of the molecule is Cc1ccc(C)c(N(CC(=O)N(Cc2cccc(Br)c2)[C@H](C)C(=O)NC(C)C)S(=O)(=O)N(C)C)c1. The van der Waals surface area contributed by atoms with Crippen LogP contribution < -0.4 is 9.62 Å². The van der Waals surface area contributed by atoms with Crippen molar-refractivity contribution >= 4 is 43.6 Å². The number of nitrogens with zero attached hydrogens (tertiary/aromatic N) is 3. The third-order valence-electron chi connectivity index (χ3n) is 5.49. The van der Waals surface area contributed by atoms with Gasteiger partial charge in [0, 0.05) is 31.2 Å². The zero-order valence-corrected chi connectivity index (χ0v) is 23.8. The molecule has 0 saturated carbocycles. The predicted molar refractivity (Wildman–Crippen MR) is 143 cm³/mol. The zero-order chi connectivity index (χ0) is 26.5. The molecule has 0 unspecified atom stereocenters. The Labute approximate surface area is 217 Å². The molecule has 1 N–H and O–H groups in total. The molecular formula is C25H35BrN4O4S. The number of hydrogen-bond donors (Lipinski definition) is 1. The fourth-order valence-corrected chi connectivity index (χ4v) is 5.07. The fourth-order valence-electron chi connectivity index (χ4n) is 3.51. The van der Waals surface area contributed by atoms with Gasteiger partial charge in [0.15, 0.2) is 0 Å². The van der Waals surface area contributed by atoms with Gasteiger partial charge in [-0.05, 0) is 69.5 Å². The van der Waals surface area contributed by atoms with Crippen molar-refractivity contribution in [2.45, 2.75) is 53.2 Å². The lowest BCUT2D eigenvalue weighted by atomic mass is 10.1. The minimum Gasteiger partial charge on any atom is -0.352 e. The minimum absolute atomic E-state index is 0.103. The number of amides is 2. The summed E-state index contributed by atoms with van der Waals surface area (Å²) in [7, 11) is -1.14. The van der Waals surface area contributed by atoms with E-state index in [1.807, 2.05) is 57.2 Å². The quantitative estimate of drug-likeness (QED) is 0.475. The van der Waals surface area contributed by atoms with Gasteiger partial charge in [0.1, 0.15) is 12.6 Å². The highest BCUT2D eigenvalue weighted by Crippen LogP contribution is 2.26. The first-order valence-corrected chi connectivity index (χ1v) is 13.5. The molecular weight excluding hydrogens is 532 g/mol. The van der Waals surface area contributed by atoms with Gasteiger partial charge in [-0.15, -0.1) is 0 Å². The van der Waals surface area contributed by atoms with Gasteiger partial charge in [-0.3, -0.25) is 9.59 Å². The number of anilines is 1. The number of benzene rings is 2. The van der Waals surface area contributed by atoms with Gasteiger partial charge in [-0.1, -0.05) is 40.2 Å². The maximum Gasteiger partial charge on any atom is 0.304 e. The van der Waals surface area contributed by atoms with Crippen molar-refractivity contribution in [3.8, 4) is 0 Å². The van der Waals surface area contributed by atoms with Crippen LogP contribution in [0.4, 0.5) is 5.69 Å². The van der Waals surface area contributed by atoms with Crippen molar-refractivity contribution in [2.75, 3.05) is 24.9 Å². The number of carbonyl (C=O) groups excluding carboxylic acids is 2. The van der Waals surface area contributed by atoms with Crippen LogP contribution in [0.1, 0.15) is 37.5 Å². The summed E-state index contributed by atoms with van der Waals surface area (Å²) < 4.78 is 29.6. The molecule has 35 heavy (non-hydrogen) atoms. The van der Waals surface area contributed by atoms with Gasteiger partial charge in [-0.2, -0.15) is 12.7 Å². The van der Waals surface area contributed by atoms with Crippen LogP contribution in [0.25, 0.3) is 0 Å². The van der Waals surface area contributed by atoms with E-state index in [-0.39, 0.29) is 18.5 Å². The van der Waals surface area contributed by atoms with E-state index in [9.17, 15) is 18.0 Å². The molecule has 0 aliphatic heterocycles. The average Bonchev–Trinajstić information content (AvgIpc) is 2.76. The minimum atomic E-state index is -3.99. The number of halogens is 1. The molecule has 0 radical (unpaired) electrons. The topological polar surface area (TPSA) is 90.0 Å². The first-order chi connectivity index (χ1) is 16.2. The molecule has 0 saturated heterocycles. The van der Waals surface area contributed by atoms with Crippen LogP contribution in [0, 0.1) is 13.8 Å². The summed E-state index contributed by atoms with van der Waals surface area (Å²) in [5.74, 6) is -0.792. The number of rotatable bonds is 10. The van der Waals surface area contributed by atoms with Gasteiger partial charge in [0.05, 0.1) is 5.69 Å². The summed E-state index contributed by atoms with van der Waals surface area (Å²) in [6.45, 7) is 8.70. The smallest absolute Gasteiger partial charge is 0.304 e. The second-order valence-corrected chi connectivity index (χ2v) is 12.1. The highest BCUT2D eigenvalue weighted by Gasteiger charge is 2.33. The van der Waals surface area contributed by atoms with Crippen LogP contribution in [-0.4, -0.2) is 62.2 Å². The zero-order valence-electron chi connectivity index (χ0n) is 21.4. The molecule has 0 aromatic heterocycles. The summed E-state index contributed by atoms with van der Waals surface area (Å²) in [6, 6.07) is 12.0. The Balaban J connectivity index is 2.51. The Morgan fingerprint density at radius 3 is 2.26 bits per heavy atom. The third-order valence-corrected chi connectivity index (χ3v) is 7.79. The van der Waals surface area contributed by atoms with E-state index in [1.54, 1.807) is 19.9 Å². The Kier molecular flexibility index (Phi) is 9.88. The monoisotopic (exact) mass is 566 g/mol. The molecule has 0 heterocycles. The summed E-state index contributed by atoms with van der Waals surface area (Å²) in [5, 5.41) is 2.84. The van der Waals surface area contributed by atoms with Crippen molar-refractivity contribution in [2.24, 2.45) is 0 Å². The van der Waals surface area contributed by atoms with Crippen molar-refractivity contribution in [1.29, 1.82) is 0 Å². The Bertz CT molecular complexity index is 1170. The largest absolute Gasteiger partial charge is 0.352 e. The summed E-state index contributed by atoms with van der Waals surface area (Å²) in [6.07, 6.45) is 0. The molecule has 10 heteroatoms. The fraction of sp³-hybridized carbons (Fsp3) is 0.440. The van der Waals surface area contributed by atoms with E-state index >= 15 is 0 Å². The van der Waals surface area contributed by atoms with Crippen LogP contribution in [0.5, 0.6) is 0 Å². The lowest BCUT2D eigenvalue weighted by molar-refractivity contribution is -0.139. The first-order valence-electron chi connectivity index (χ1n) is 11.4. The molecule has 0 bridgehead atoms. The van der Waals surface area contributed by atoms with Gasteiger partial charge >= 0.3 is 10.2 Å². The summed E-state index contributed by atoms with van der Waals surface area (Å²) in [4.78, 5) is 28.0. The van der Waals surface area contributed by atoms with Crippen LogP contribution in [-0.2, 0) is 26.3 Å². The molecule has 0 aliphatic carbocycles. The second kappa shape index (κ2) is 12.0. The third kappa shape index (κ3) is 7.52. The van der Waals surface area contributed by atoms with Gasteiger partial charge < -0.3 is 10.2 Å². The normalized spacial score (nSPS) is 12.5. The molecule has 2 aromatic rings. The first kappa shape index (κ1) is 28.8. The second-order valence-electron chi connectivity index (χ2n) is 9.08. The van der Waals surface area contributed by atoms with Crippen LogP contribution in [0.3, 0.4) is 0 Å². The number of nitrogens with one attached hydrogen (secondary N) is 1. The molecule has 8 nitrogen and oxygen atoms in total. The molecule has 192 valence electrons. The Morgan fingerprint density at radius 1 is 1.03 bits per heavy atom. The molecule has 2 aromatic carbocycles. The Hall–Kier alpha value is -2.43. The number of hydrogen-bond acceptors (Lipinski definition) is 4. The van der Waals surface area contributed by atoms with Crippen LogP contribution in [0.15, 0.2) is 46.9 Å². The van der Waals surface area contributed by atoms with E-state index in [0.717, 1.165) is 29.8 Å². The predicted octanol–water partition coefficient (Wildman–Crippen LogP) is 3.62. The lowest BCUT2D eigenvalue weighted by Crippen LogP contribution is -2.53. The van der Waals surface area contributed by atoms with Crippen molar-refractivity contribution in [3.05, 3.63) is 63.6 Å². The van der Waals surface area contributed by atoms with E-state index in [4.69, 9.17) is 0 Å². The van der Waals surface area contributed by atoms with E-state index < -0.39 is 28.7 Å².